The summed E-state index contributed by atoms with van der Waals surface area (Å²) in [6.45, 7) is 3.14. The number of methoxy groups -OCH3 is 3. The van der Waals surface area contributed by atoms with E-state index in [9.17, 15) is 9.18 Å². The zero-order chi connectivity index (χ0) is 24.1. The van der Waals surface area contributed by atoms with Crippen LogP contribution in [0.15, 0.2) is 36.4 Å². The minimum absolute atomic E-state index is 0.214. The number of amides is 1. The molecule has 0 unspecified atom stereocenters. The fraction of sp³-hybridized carbons (Fsp3) is 0.375. The van der Waals surface area contributed by atoms with Crippen LogP contribution >= 0.6 is 0 Å². The Morgan fingerprint density at radius 3 is 2.50 bits per heavy atom. The van der Waals surface area contributed by atoms with E-state index in [2.05, 4.69) is 20.4 Å². The number of benzene rings is 2. The number of rotatable bonds is 8. The molecule has 0 aliphatic carbocycles. The van der Waals surface area contributed by atoms with E-state index in [0.29, 0.717) is 30.4 Å². The highest BCUT2D eigenvalue weighted by atomic mass is 19.1. The number of carbonyl (C=O) groups excluding carboxylic acids is 1. The number of hydrogen-bond donors (Lipinski definition) is 1. The first-order chi connectivity index (χ1) is 16.5. The molecule has 9 nitrogen and oxygen atoms in total. The van der Waals surface area contributed by atoms with Gasteiger partial charge in [-0.3, -0.25) is 9.69 Å². The average Bonchev–Trinajstić information content (AvgIpc) is 3.13. The fourth-order valence-electron chi connectivity index (χ4n) is 4.06. The molecule has 34 heavy (non-hydrogen) atoms. The number of halogens is 1. The van der Waals surface area contributed by atoms with Gasteiger partial charge in [0, 0.05) is 49.8 Å². The summed E-state index contributed by atoms with van der Waals surface area (Å²) in [5.41, 5.74) is 1.27. The van der Waals surface area contributed by atoms with Gasteiger partial charge in [0.15, 0.2) is 17.3 Å². The number of ether oxygens (including phenoxy) is 3. The van der Waals surface area contributed by atoms with Crippen LogP contribution in [0, 0.1) is 5.82 Å². The van der Waals surface area contributed by atoms with E-state index in [1.807, 2.05) is 16.7 Å². The van der Waals surface area contributed by atoms with Crippen LogP contribution in [-0.2, 0) is 26.1 Å². The second kappa shape index (κ2) is 10.5. The molecular weight excluding hydrogens is 441 g/mol. The summed E-state index contributed by atoms with van der Waals surface area (Å²) in [6.07, 6.45) is 0.723. The van der Waals surface area contributed by atoms with Crippen molar-refractivity contribution in [2.45, 2.75) is 26.1 Å². The van der Waals surface area contributed by atoms with Gasteiger partial charge in [0.2, 0.25) is 0 Å². The van der Waals surface area contributed by atoms with Gasteiger partial charge in [0.05, 0.1) is 27.9 Å². The highest BCUT2D eigenvalue weighted by Crippen LogP contribution is 2.35. The Morgan fingerprint density at radius 2 is 1.76 bits per heavy atom. The molecule has 3 aromatic rings. The maximum absolute atomic E-state index is 13.4. The third-order valence-corrected chi connectivity index (χ3v) is 5.87. The van der Waals surface area contributed by atoms with Gasteiger partial charge in [-0.15, -0.1) is 10.2 Å². The molecule has 1 N–H and O–H groups in total. The van der Waals surface area contributed by atoms with Gasteiger partial charge >= 0.3 is 0 Å². The minimum Gasteiger partial charge on any atom is -0.496 e. The molecule has 2 aromatic carbocycles. The Morgan fingerprint density at radius 1 is 1.00 bits per heavy atom. The molecule has 1 aliphatic heterocycles. The van der Waals surface area contributed by atoms with Crippen LogP contribution in [0.2, 0.25) is 0 Å². The summed E-state index contributed by atoms with van der Waals surface area (Å²) in [5, 5.41) is 11.4. The summed E-state index contributed by atoms with van der Waals surface area (Å²) in [4.78, 5) is 14.7. The third-order valence-electron chi connectivity index (χ3n) is 5.87. The van der Waals surface area contributed by atoms with Crippen LogP contribution in [0.5, 0.6) is 17.2 Å². The van der Waals surface area contributed by atoms with Crippen LogP contribution in [-0.4, -0.2) is 60.0 Å². The Hall–Kier alpha value is -3.66. The van der Waals surface area contributed by atoms with Gasteiger partial charge in [-0.2, -0.15) is 0 Å². The van der Waals surface area contributed by atoms with E-state index in [4.69, 9.17) is 14.2 Å². The van der Waals surface area contributed by atoms with E-state index < -0.39 is 5.82 Å². The number of hydrogen-bond acceptors (Lipinski definition) is 7. The lowest BCUT2D eigenvalue weighted by molar-refractivity contribution is 0.0949. The van der Waals surface area contributed by atoms with Crippen molar-refractivity contribution in [1.82, 2.24) is 25.0 Å². The van der Waals surface area contributed by atoms with E-state index >= 15 is 0 Å². The molecule has 0 saturated heterocycles. The number of carbonyl (C=O) groups is 1. The minimum atomic E-state index is -0.449. The molecule has 4 rings (SSSR count). The predicted molar refractivity (Wildman–Crippen MR) is 123 cm³/mol. The topological polar surface area (TPSA) is 90.7 Å². The second-order valence-electron chi connectivity index (χ2n) is 7.92. The van der Waals surface area contributed by atoms with Crippen molar-refractivity contribution in [3.05, 3.63) is 65.0 Å². The average molecular weight is 470 g/mol. The van der Waals surface area contributed by atoms with Gasteiger partial charge < -0.3 is 24.1 Å². The number of nitrogens with one attached hydrogen (secondary N) is 1. The first-order valence-electron chi connectivity index (χ1n) is 11.0. The van der Waals surface area contributed by atoms with Crippen molar-refractivity contribution in [2.24, 2.45) is 0 Å². The molecular formula is C24H28FN5O4. The van der Waals surface area contributed by atoms with Crippen molar-refractivity contribution in [1.29, 1.82) is 0 Å². The smallest absolute Gasteiger partial charge is 0.251 e. The Kier molecular flexibility index (Phi) is 7.27. The Labute approximate surface area is 197 Å². The molecule has 1 amide bonds. The molecule has 10 heteroatoms. The molecule has 0 atom stereocenters. The monoisotopic (exact) mass is 469 g/mol. The van der Waals surface area contributed by atoms with Gasteiger partial charge in [-0.1, -0.05) is 6.07 Å². The highest BCUT2D eigenvalue weighted by molar-refractivity contribution is 5.94. The van der Waals surface area contributed by atoms with E-state index in [1.54, 1.807) is 27.4 Å². The van der Waals surface area contributed by atoms with E-state index in [0.717, 1.165) is 36.6 Å². The van der Waals surface area contributed by atoms with Gasteiger partial charge in [-0.25, -0.2) is 4.39 Å². The van der Waals surface area contributed by atoms with Crippen LogP contribution in [0.3, 0.4) is 0 Å². The number of aromatic nitrogens is 3. The molecule has 0 saturated carbocycles. The Bertz CT molecular complexity index is 1170. The summed E-state index contributed by atoms with van der Waals surface area (Å²) in [5.74, 6) is 2.75. The molecule has 1 aliphatic rings. The maximum Gasteiger partial charge on any atom is 0.251 e. The normalized spacial score (nSPS) is 13.6. The fourth-order valence-corrected chi connectivity index (χ4v) is 4.06. The predicted octanol–water partition coefficient (Wildman–Crippen LogP) is 2.43. The van der Waals surface area contributed by atoms with Crippen molar-refractivity contribution in [3.63, 3.8) is 0 Å². The quantitative estimate of drug-likeness (QED) is 0.542. The lowest BCUT2D eigenvalue weighted by Crippen LogP contribution is -2.28. The summed E-state index contributed by atoms with van der Waals surface area (Å²) in [7, 11) is 4.85. The SMILES string of the molecule is COc1cc(OC)c(OC)cc1CN1CCc2nnc(CNC(=O)c3cccc(F)c3)n2CC1. The molecule has 0 bridgehead atoms. The summed E-state index contributed by atoms with van der Waals surface area (Å²) < 4.78 is 31.8. The molecule has 0 spiro atoms. The standard InChI is InChI=1S/C24H28FN5O4/c1-32-19-13-21(34-3)20(33-2)12-17(19)15-29-8-7-22-27-28-23(30(22)10-9-29)14-26-24(31)16-5-4-6-18(25)11-16/h4-6,11-13H,7-10,14-15H2,1-3H3,(H,26,31). The lowest BCUT2D eigenvalue weighted by atomic mass is 10.1. The zero-order valence-corrected chi connectivity index (χ0v) is 19.5. The first kappa shape index (κ1) is 23.5. The van der Waals surface area contributed by atoms with Gasteiger partial charge in [0.1, 0.15) is 17.4 Å². The third kappa shape index (κ3) is 5.12. The molecule has 1 aromatic heterocycles. The van der Waals surface area contributed by atoms with Crippen LogP contribution < -0.4 is 19.5 Å². The van der Waals surface area contributed by atoms with Crippen LogP contribution in [0.1, 0.15) is 27.6 Å². The second-order valence-corrected chi connectivity index (χ2v) is 7.92. The zero-order valence-electron chi connectivity index (χ0n) is 19.5. The van der Waals surface area contributed by atoms with Crippen LogP contribution in [0.25, 0.3) is 0 Å². The van der Waals surface area contributed by atoms with Crippen molar-refractivity contribution < 1.29 is 23.4 Å². The number of nitrogens with zero attached hydrogens (tertiary/aromatic N) is 4. The van der Waals surface area contributed by atoms with Crippen molar-refractivity contribution in [3.8, 4) is 17.2 Å². The molecule has 180 valence electrons. The molecule has 0 radical (unpaired) electrons. The van der Waals surface area contributed by atoms with Crippen LogP contribution in [0.4, 0.5) is 4.39 Å². The first-order valence-corrected chi connectivity index (χ1v) is 11.0. The molecule has 0 fully saturated rings. The van der Waals surface area contributed by atoms with Gasteiger partial charge in [-0.05, 0) is 24.3 Å². The summed E-state index contributed by atoms with van der Waals surface area (Å²) in [6, 6.07) is 9.37. The lowest BCUT2D eigenvalue weighted by Gasteiger charge is -2.22. The Balaban J connectivity index is 1.41. The van der Waals surface area contributed by atoms with E-state index in [-0.39, 0.29) is 18.0 Å². The summed E-state index contributed by atoms with van der Waals surface area (Å²) >= 11 is 0. The molecule has 2 heterocycles. The van der Waals surface area contributed by atoms with Crippen molar-refractivity contribution in [2.75, 3.05) is 34.4 Å². The van der Waals surface area contributed by atoms with Crippen molar-refractivity contribution >= 4 is 5.91 Å². The highest BCUT2D eigenvalue weighted by Gasteiger charge is 2.21. The van der Waals surface area contributed by atoms with E-state index in [1.165, 1.54) is 18.2 Å². The van der Waals surface area contributed by atoms with Gasteiger partial charge in [0.25, 0.3) is 5.91 Å². The largest absolute Gasteiger partial charge is 0.496 e. The number of fused-ring (bicyclic) bond motifs is 1. The maximum atomic E-state index is 13.4.